The number of hydrogen-bond acceptors (Lipinski definition) is 3. The van der Waals surface area contributed by atoms with Crippen LogP contribution in [0.25, 0.3) is 0 Å². The molecule has 0 aromatic heterocycles. The Morgan fingerprint density at radius 2 is 2.55 bits per heavy atom. The molecule has 0 aromatic carbocycles. The van der Waals surface area contributed by atoms with Gasteiger partial charge in [-0.3, -0.25) is 4.79 Å². The first-order chi connectivity index (χ1) is 5.34. The molecule has 0 fully saturated rings. The van der Waals surface area contributed by atoms with E-state index in [1.807, 2.05) is 19.1 Å². The summed E-state index contributed by atoms with van der Waals surface area (Å²) in [5, 5.41) is 3.04. The molecular formula is C8H13NO2. The minimum Gasteiger partial charge on any atom is -0.465 e. The number of nitrogens with one attached hydrogen (secondary N) is 1. The van der Waals surface area contributed by atoms with Gasteiger partial charge in [-0.05, 0) is 13.3 Å². The summed E-state index contributed by atoms with van der Waals surface area (Å²) in [5.41, 5.74) is 0. The van der Waals surface area contributed by atoms with Gasteiger partial charge in [-0.15, -0.1) is 0 Å². The molecule has 11 heavy (non-hydrogen) atoms. The summed E-state index contributed by atoms with van der Waals surface area (Å²) in [5.74, 6) is -0.142. The van der Waals surface area contributed by atoms with Gasteiger partial charge >= 0.3 is 5.97 Å². The molecule has 62 valence electrons. The van der Waals surface area contributed by atoms with Crippen molar-refractivity contribution < 1.29 is 9.53 Å². The summed E-state index contributed by atoms with van der Waals surface area (Å²) in [6.45, 7) is 3.04. The first kappa shape index (κ1) is 8.27. The van der Waals surface area contributed by atoms with E-state index in [0.717, 1.165) is 13.0 Å². The highest BCUT2D eigenvalue weighted by atomic mass is 16.5. The molecule has 1 aliphatic rings. The molecule has 1 rings (SSSR count). The number of ether oxygens (including phenoxy) is 1. The van der Waals surface area contributed by atoms with Crippen LogP contribution in [0, 0.1) is 0 Å². The molecule has 1 unspecified atom stereocenters. The quantitative estimate of drug-likeness (QED) is 0.465. The van der Waals surface area contributed by atoms with Crippen LogP contribution < -0.4 is 5.32 Å². The largest absolute Gasteiger partial charge is 0.465 e. The zero-order valence-electron chi connectivity index (χ0n) is 6.67. The third-order valence-electron chi connectivity index (χ3n) is 1.59. The lowest BCUT2D eigenvalue weighted by Gasteiger charge is -2.17. The van der Waals surface area contributed by atoms with Gasteiger partial charge in [0.25, 0.3) is 0 Å². The Morgan fingerprint density at radius 3 is 3.09 bits per heavy atom. The maximum absolute atomic E-state index is 11.1. The third kappa shape index (κ3) is 2.35. The second-order valence-electron chi connectivity index (χ2n) is 2.42. The highest BCUT2D eigenvalue weighted by Gasteiger charge is 2.18. The van der Waals surface area contributed by atoms with Gasteiger partial charge in [-0.25, -0.2) is 0 Å². The first-order valence-electron chi connectivity index (χ1n) is 3.89. The summed E-state index contributed by atoms with van der Waals surface area (Å²) in [7, 11) is 0. The first-order valence-corrected chi connectivity index (χ1v) is 3.89. The molecule has 0 amide bonds. The van der Waals surface area contributed by atoms with Gasteiger partial charge in [0.1, 0.15) is 6.04 Å². The van der Waals surface area contributed by atoms with Crippen LogP contribution in [0.3, 0.4) is 0 Å². The maximum Gasteiger partial charge on any atom is 0.323 e. The Bertz CT molecular complexity index is 165. The van der Waals surface area contributed by atoms with Crippen molar-refractivity contribution in [3.8, 4) is 0 Å². The summed E-state index contributed by atoms with van der Waals surface area (Å²) >= 11 is 0. The van der Waals surface area contributed by atoms with E-state index in [4.69, 9.17) is 4.74 Å². The van der Waals surface area contributed by atoms with Crippen molar-refractivity contribution in [2.45, 2.75) is 19.4 Å². The SMILES string of the molecule is CCOC(=O)C1CC=CCN1. The van der Waals surface area contributed by atoms with E-state index in [1.165, 1.54) is 0 Å². The van der Waals surface area contributed by atoms with Crippen LogP contribution in [-0.2, 0) is 9.53 Å². The normalized spacial score (nSPS) is 23.2. The topological polar surface area (TPSA) is 38.3 Å². The average molecular weight is 155 g/mol. The summed E-state index contributed by atoms with van der Waals surface area (Å²) < 4.78 is 4.85. The van der Waals surface area contributed by atoms with Crippen LogP contribution in [0.1, 0.15) is 13.3 Å². The molecule has 0 aromatic rings. The highest BCUT2D eigenvalue weighted by Crippen LogP contribution is 2.01. The molecule has 1 heterocycles. The lowest BCUT2D eigenvalue weighted by Crippen LogP contribution is -2.39. The summed E-state index contributed by atoms with van der Waals surface area (Å²) in [4.78, 5) is 11.1. The van der Waals surface area contributed by atoms with Gasteiger partial charge in [-0.2, -0.15) is 0 Å². The standard InChI is InChI=1S/C8H13NO2/c1-2-11-8(10)7-5-3-4-6-9-7/h3-4,7,9H,2,5-6H2,1H3. The maximum atomic E-state index is 11.1. The smallest absolute Gasteiger partial charge is 0.323 e. The van der Waals surface area contributed by atoms with Crippen molar-refractivity contribution in [1.29, 1.82) is 0 Å². The van der Waals surface area contributed by atoms with Gasteiger partial charge in [0.15, 0.2) is 0 Å². The monoisotopic (exact) mass is 155 g/mol. The molecule has 0 aliphatic carbocycles. The Labute approximate surface area is 66.4 Å². The van der Waals surface area contributed by atoms with Crippen LogP contribution in [-0.4, -0.2) is 25.2 Å². The lowest BCUT2D eigenvalue weighted by atomic mass is 10.1. The molecule has 1 aliphatic heterocycles. The fourth-order valence-corrected chi connectivity index (χ4v) is 1.03. The van der Waals surface area contributed by atoms with E-state index in [0.29, 0.717) is 6.61 Å². The van der Waals surface area contributed by atoms with Gasteiger partial charge < -0.3 is 10.1 Å². The average Bonchev–Trinajstić information content (AvgIpc) is 2.07. The molecule has 1 N–H and O–H groups in total. The van der Waals surface area contributed by atoms with Crippen LogP contribution in [0.15, 0.2) is 12.2 Å². The van der Waals surface area contributed by atoms with E-state index >= 15 is 0 Å². The highest BCUT2D eigenvalue weighted by molar-refractivity contribution is 5.76. The number of carbonyl (C=O) groups excluding carboxylic acids is 1. The van der Waals surface area contributed by atoms with Crippen LogP contribution >= 0.6 is 0 Å². The van der Waals surface area contributed by atoms with Crippen LogP contribution in [0.5, 0.6) is 0 Å². The molecule has 3 nitrogen and oxygen atoms in total. The minimum absolute atomic E-state index is 0.125. The molecule has 3 heteroatoms. The fraction of sp³-hybridized carbons (Fsp3) is 0.625. The van der Waals surface area contributed by atoms with Gasteiger partial charge in [0, 0.05) is 6.54 Å². The number of carbonyl (C=O) groups is 1. The summed E-state index contributed by atoms with van der Waals surface area (Å²) in [6, 6.07) is -0.125. The van der Waals surface area contributed by atoms with E-state index in [9.17, 15) is 4.79 Å². The predicted molar refractivity (Wildman–Crippen MR) is 42.2 cm³/mol. The van der Waals surface area contributed by atoms with Crippen molar-refractivity contribution in [2.24, 2.45) is 0 Å². The van der Waals surface area contributed by atoms with E-state index in [1.54, 1.807) is 0 Å². The number of rotatable bonds is 2. The van der Waals surface area contributed by atoms with Crippen molar-refractivity contribution in [3.05, 3.63) is 12.2 Å². The molecule has 0 spiro atoms. The van der Waals surface area contributed by atoms with E-state index in [2.05, 4.69) is 5.32 Å². The Morgan fingerprint density at radius 1 is 1.73 bits per heavy atom. The van der Waals surface area contributed by atoms with E-state index < -0.39 is 0 Å². The Kier molecular flexibility index (Phi) is 3.11. The van der Waals surface area contributed by atoms with Gasteiger partial charge in [-0.1, -0.05) is 12.2 Å². The van der Waals surface area contributed by atoms with Gasteiger partial charge in [0.2, 0.25) is 0 Å². The zero-order chi connectivity index (χ0) is 8.10. The van der Waals surface area contributed by atoms with Crippen LogP contribution in [0.4, 0.5) is 0 Å². The Hall–Kier alpha value is -0.830. The van der Waals surface area contributed by atoms with Crippen LogP contribution in [0.2, 0.25) is 0 Å². The second kappa shape index (κ2) is 4.13. The van der Waals surface area contributed by atoms with Crippen molar-refractivity contribution in [1.82, 2.24) is 5.32 Å². The van der Waals surface area contributed by atoms with Crippen molar-refractivity contribution >= 4 is 5.97 Å². The molecular weight excluding hydrogens is 142 g/mol. The van der Waals surface area contributed by atoms with Gasteiger partial charge in [0.05, 0.1) is 6.61 Å². The number of hydrogen-bond donors (Lipinski definition) is 1. The summed E-state index contributed by atoms with van der Waals surface area (Å²) in [6.07, 6.45) is 4.76. The molecule has 0 bridgehead atoms. The molecule has 0 saturated carbocycles. The second-order valence-corrected chi connectivity index (χ2v) is 2.42. The Balaban J connectivity index is 2.34. The third-order valence-corrected chi connectivity index (χ3v) is 1.59. The number of esters is 1. The zero-order valence-corrected chi connectivity index (χ0v) is 6.67. The lowest BCUT2D eigenvalue weighted by molar-refractivity contribution is -0.145. The predicted octanol–water partition coefficient (Wildman–Crippen LogP) is 0.468. The van der Waals surface area contributed by atoms with Crippen molar-refractivity contribution in [3.63, 3.8) is 0 Å². The molecule has 0 radical (unpaired) electrons. The van der Waals surface area contributed by atoms with Crippen molar-refractivity contribution in [2.75, 3.05) is 13.2 Å². The fourth-order valence-electron chi connectivity index (χ4n) is 1.03. The molecule has 1 atom stereocenters. The molecule has 0 saturated heterocycles. The minimum atomic E-state index is -0.142. The van der Waals surface area contributed by atoms with E-state index in [-0.39, 0.29) is 12.0 Å².